The van der Waals surface area contributed by atoms with Crippen molar-refractivity contribution in [2.45, 2.75) is 13.5 Å². The number of hydrogen-bond acceptors (Lipinski definition) is 3. The lowest BCUT2D eigenvalue weighted by molar-refractivity contribution is -0.121. The van der Waals surface area contributed by atoms with Crippen LogP contribution >= 0.6 is 0 Å². The van der Waals surface area contributed by atoms with Gasteiger partial charge >= 0.3 is 0 Å². The van der Waals surface area contributed by atoms with E-state index >= 15 is 0 Å². The van der Waals surface area contributed by atoms with E-state index in [1.165, 1.54) is 30.2 Å². The molecule has 0 atom stereocenters. The molecule has 110 valence electrons. The highest BCUT2D eigenvalue weighted by Gasteiger charge is 2.14. The minimum Gasteiger partial charge on any atom is -0.358 e. The number of likely N-dealkylation sites (N-methyl/N-ethyl adjacent to an activating group) is 1. The lowest BCUT2D eigenvalue weighted by atomic mass is 10.1. The summed E-state index contributed by atoms with van der Waals surface area (Å²) in [4.78, 5) is 23.2. The topological polar surface area (TPSA) is 76.0 Å². The Morgan fingerprint density at radius 2 is 2.14 bits per heavy atom. The zero-order valence-corrected chi connectivity index (χ0v) is 11.7. The van der Waals surface area contributed by atoms with E-state index in [4.69, 9.17) is 0 Å². The standard InChI is InChI=1S/C14H15FN4O2/c1-9-4-3-5-11(13(9)15)14(21)18-10-6-17-19(7-10)8-12(20)16-2/h3-7H,8H2,1-2H3,(H,16,20)(H,18,21). The first kappa shape index (κ1) is 14.7. The maximum absolute atomic E-state index is 13.8. The number of hydrogen-bond donors (Lipinski definition) is 2. The van der Waals surface area contributed by atoms with Crippen LogP contribution in [0.25, 0.3) is 0 Å². The summed E-state index contributed by atoms with van der Waals surface area (Å²) >= 11 is 0. The van der Waals surface area contributed by atoms with Crippen molar-refractivity contribution in [3.05, 3.63) is 47.5 Å². The third kappa shape index (κ3) is 3.44. The molecule has 0 aliphatic carbocycles. The fraction of sp³-hybridized carbons (Fsp3) is 0.214. The van der Waals surface area contributed by atoms with Gasteiger partial charge in [-0.2, -0.15) is 5.10 Å². The Kier molecular flexibility index (Phi) is 4.32. The lowest BCUT2D eigenvalue weighted by Gasteiger charge is -2.05. The van der Waals surface area contributed by atoms with E-state index in [2.05, 4.69) is 15.7 Å². The molecule has 2 aromatic rings. The average Bonchev–Trinajstić information content (AvgIpc) is 2.88. The number of nitrogens with one attached hydrogen (secondary N) is 2. The van der Waals surface area contributed by atoms with E-state index in [-0.39, 0.29) is 18.0 Å². The molecule has 2 amide bonds. The van der Waals surface area contributed by atoms with Gasteiger partial charge in [0.1, 0.15) is 12.4 Å². The number of carbonyl (C=O) groups excluding carboxylic acids is 2. The maximum atomic E-state index is 13.8. The number of anilines is 1. The van der Waals surface area contributed by atoms with Crippen molar-refractivity contribution in [1.29, 1.82) is 0 Å². The summed E-state index contributed by atoms with van der Waals surface area (Å²) in [6, 6.07) is 4.61. The first-order valence-electron chi connectivity index (χ1n) is 6.30. The number of nitrogens with zero attached hydrogens (tertiary/aromatic N) is 2. The predicted molar refractivity (Wildman–Crippen MR) is 75.4 cm³/mol. The van der Waals surface area contributed by atoms with Crippen molar-refractivity contribution in [2.24, 2.45) is 0 Å². The van der Waals surface area contributed by atoms with Crippen molar-refractivity contribution < 1.29 is 14.0 Å². The van der Waals surface area contributed by atoms with Crippen LogP contribution in [0.4, 0.5) is 10.1 Å². The van der Waals surface area contributed by atoms with Gasteiger partial charge in [-0.05, 0) is 18.6 Å². The summed E-state index contributed by atoms with van der Waals surface area (Å²) in [5.41, 5.74) is 0.761. The van der Waals surface area contributed by atoms with Crippen LogP contribution in [0.1, 0.15) is 15.9 Å². The Bertz CT molecular complexity index is 681. The normalized spacial score (nSPS) is 10.2. The SMILES string of the molecule is CNC(=O)Cn1cc(NC(=O)c2cccc(C)c2F)cn1. The number of aryl methyl sites for hydroxylation is 1. The smallest absolute Gasteiger partial charge is 0.258 e. The quantitative estimate of drug-likeness (QED) is 0.892. The van der Waals surface area contributed by atoms with Crippen LogP contribution in [0, 0.1) is 12.7 Å². The number of carbonyl (C=O) groups is 2. The molecule has 1 heterocycles. The van der Waals surface area contributed by atoms with Crippen molar-refractivity contribution in [2.75, 3.05) is 12.4 Å². The van der Waals surface area contributed by atoms with Gasteiger partial charge in [-0.25, -0.2) is 4.39 Å². The molecule has 0 saturated heterocycles. The Hall–Kier alpha value is -2.70. The Morgan fingerprint density at radius 3 is 2.86 bits per heavy atom. The van der Waals surface area contributed by atoms with Gasteiger partial charge in [0.2, 0.25) is 5.91 Å². The van der Waals surface area contributed by atoms with Crippen LogP contribution in [0.5, 0.6) is 0 Å². The van der Waals surface area contributed by atoms with Gasteiger partial charge in [0, 0.05) is 13.2 Å². The summed E-state index contributed by atoms with van der Waals surface area (Å²) < 4.78 is 15.2. The minimum absolute atomic E-state index is 0.0333. The number of aromatic nitrogens is 2. The molecule has 0 aliphatic rings. The second-order valence-corrected chi connectivity index (χ2v) is 4.49. The van der Waals surface area contributed by atoms with Crippen molar-refractivity contribution in [1.82, 2.24) is 15.1 Å². The summed E-state index contributed by atoms with van der Waals surface area (Å²) in [6.45, 7) is 1.64. The highest BCUT2D eigenvalue weighted by Crippen LogP contribution is 2.14. The van der Waals surface area contributed by atoms with E-state index < -0.39 is 11.7 Å². The Morgan fingerprint density at radius 1 is 1.38 bits per heavy atom. The van der Waals surface area contributed by atoms with Crippen LogP contribution in [-0.4, -0.2) is 28.6 Å². The maximum Gasteiger partial charge on any atom is 0.258 e. The van der Waals surface area contributed by atoms with Gasteiger partial charge in [-0.15, -0.1) is 0 Å². The van der Waals surface area contributed by atoms with Crippen LogP contribution in [0.2, 0.25) is 0 Å². The third-order valence-electron chi connectivity index (χ3n) is 2.91. The fourth-order valence-corrected chi connectivity index (χ4v) is 1.76. The third-order valence-corrected chi connectivity index (χ3v) is 2.91. The Balaban J connectivity index is 2.09. The summed E-state index contributed by atoms with van der Waals surface area (Å²) in [7, 11) is 1.52. The first-order chi connectivity index (χ1) is 10.0. The zero-order chi connectivity index (χ0) is 15.4. The van der Waals surface area contributed by atoms with Crippen LogP contribution < -0.4 is 10.6 Å². The summed E-state index contributed by atoms with van der Waals surface area (Å²) in [5.74, 6) is -1.32. The van der Waals surface area contributed by atoms with Crippen molar-refractivity contribution in [3.63, 3.8) is 0 Å². The Labute approximate surface area is 121 Å². The molecule has 7 heteroatoms. The summed E-state index contributed by atoms with van der Waals surface area (Å²) in [5, 5.41) is 8.95. The van der Waals surface area contributed by atoms with Crippen molar-refractivity contribution >= 4 is 17.5 Å². The molecular formula is C14H15FN4O2. The molecule has 0 unspecified atom stereocenters. The zero-order valence-electron chi connectivity index (χ0n) is 11.7. The molecule has 0 bridgehead atoms. The molecule has 0 aliphatic heterocycles. The van der Waals surface area contributed by atoms with Crippen LogP contribution in [0.3, 0.4) is 0 Å². The number of halogens is 1. The largest absolute Gasteiger partial charge is 0.358 e. The molecule has 0 fully saturated rings. The summed E-state index contributed by atoms with van der Waals surface area (Å²) in [6.07, 6.45) is 2.90. The van der Waals surface area contributed by atoms with Crippen LogP contribution in [0.15, 0.2) is 30.6 Å². The van der Waals surface area contributed by atoms with Gasteiger partial charge in [-0.3, -0.25) is 14.3 Å². The highest BCUT2D eigenvalue weighted by molar-refractivity contribution is 6.04. The van der Waals surface area contributed by atoms with E-state index in [0.717, 1.165) is 0 Å². The number of amides is 2. The molecule has 0 saturated carbocycles. The average molecular weight is 290 g/mol. The highest BCUT2D eigenvalue weighted by atomic mass is 19.1. The molecule has 1 aromatic carbocycles. The molecule has 21 heavy (non-hydrogen) atoms. The van der Waals surface area contributed by atoms with Crippen molar-refractivity contribution in [3.8, 4) is 0 Å². The van der Waals surface area contributed by atoms with Gasteiger partial charge in [-0.1, -0.05) is 12.1 Å². The second kappa shape index (κ2) is 6.17. The molecule has 0 radical (unpaired) electrons. The van der Waals surface area contributed by atoms with Gasteiger partial charge < -0.3 is 10.6 Å². The van der Waals surface area contributed by atoms with E-state index in [1.54, 1.807) is 19.1 Å². The minimum atomic E-state index is -0.560. The molecule has 6 nitrogen and oxygen atoms in total. The van der Waals surface area contributed by atoms with E-state index in [9.17, 15) is 14.0 Å². The monoisotopic (exact) mass is 290 g/mol. The van der Waals surface area contributed by atoms with Gasteiger partial charge in [0.25, 0.3) is 5.91 Å². The molecule has 2 rings (SSSR count). The van der Waals surface area contributed by atoms with Gasteiger partial charge in [0.15, 0.2) is 0 Å². The molecule has 2 N–H and O–H groups in total. The van der Waals surface area contributed by atoms with E-state index in [1.807, 2.05) is 0 Å². The number of benzene rings is 1. The second-order valence-electron chi connectivity index (χ2n) is 4.49. The first-order valence-corrected chi connectivity index (χ1v) is 6.30. The molecule has 0 spiro atoms. The molecular weight excluding hydrogens is 275 g/mol. The van der Waals surface area contributed by atoms with E-state index in [0.29, 0.717) is 11.3 Å². The fourth-order valence-electron chi connectivity index (χ4n) is 1.76. The number of rotatable bonds is 4. The molecule has 1 aromatic heterocycles. The lowest BCUT2D eigenvalue weighted by Crippen LogP contribution is -2.23. The van der Waals surface area contributed by atoms with Gasteiger partial charge in [0.05, 0.1) is 17.4 Å². The van der Waals surface area contributed by atoms with Crippen LogP contribution in [-0.2, 0) is 11.3 Å². The predicted octanol–water partition coefficient (Wildman–Crippen LogP) is 1.33.